The topological polar surface area (TPSA) is 98.9 Å². The van der Waals surface area contributed by atoms with Crippen molar-refractivity contribution < 1.29 is 24.3 Å². The van der Waals surface area contributed by atoms with E-state index >= 15 is 0 Å². The van der Waals surface area contributed by atoms with Gasteiger partial charge in [-0.2, -0.15) is 0 Å². The van der Waals surface area contributed by atoms with Gasteiger partial charge < -0.3 is 14.6 Å². The zero-order valence-electron chi connectivity index (χ0n) is 9.30. The normalized spacial score (nSPS) is 9.76. The van der Waals surface area contributed by atoms with Crippen molar-refractivity contribution >= 4 is 11.7 Å². The molecule has 0 spiro atoms. The zero-order chi connectivity index (χ0) is 13.0. The molecule has 0 saturated heterocycles. The number of nitrogens with zero attached hydrogens (tertiary/aromatic N) is 1. The Labute approximate surface area is 96.7 Å². The highest BCUT2D eigenvalue weighted by atomic mass is 16.6. The summed E-state index contributed by atoms with van der Waals surface area (Å²) in [4.78, 5) is 21.0. The zero-order valence-corrected chi connectivity index (χ0v) is 9.30. The van der Waals surface area contributed by atoms with Gasteiger partial charge in [0.15, 0.2) is 5.75 Å². The average molecular weight is 241 g/mol. The molecule has 7 heteroatoms. The Kier molecular flexibility index (Phi) is 3.86. The standard InChI is InChI=1S/C10H11NO6/c1-16-9-5-8(12)7(11(14)15)3-6(9)4-10(13)17-2/h3,5,12H,4H2,1-2H3. The number of nitro benzene ring substituents is 1. The van der Waals surface area contributed by atoms with Gasteiger partial charge in [0.1, 0.15) is 5.75 Å². The first-order valence-corrected chi connectivity index (χ1v) is 4.60. The van der Waals surface area contributed by atoms with Crippen LogP contribution in [0.5, 0.6) is 11.5 Å². The molecule has 0 aliphatic carbocycles. The molecular formula is C10H11NO6. The number of benzene rings is 1. The van der Waals surface area contributed by atoms with Crippen LogP contribution in [0.1, 0.15) is 5.56 Å². The van der Waals surface area contributed by atoms with Crippen LogP contribution in [0, 0.1) is 10.1 Å². The quantitative estimate of drug-likeness (QED) is 0.480. The fraction of sp³-hybridized carbons (Fsp3) is 0.300. The number of carbonyl (C=O) groups is 1. The van der Waals surface area contributed by atoms with Crippen molar-refractivity contribution in [3.05, 3.63) is 27.8 Å². The van der Waals surface area contributed by atoms with Gasteiger partial charge in [-0.1, -0.05) is 0 Å². The van der Waals surface area contributed by atoms with Gasteiger partial charge in [-0.05, 0) is 0 Å². The Morgan fingerprint density at radius 3 is 2.59 bits per heavy atom. The molecule has 0 fully saturated rings. The summed E-state index contributed by atoms with van der Waals surface area (Å²) in [5.41, 5.74) is -0.200. The largest absolute Gasteiger partial charge is 0.502 e. The monoisotopic (exact) mass is 241 g/mol. The maximum Gasteiger partial charge on any atom is 0.311 e. The third-order valence-corrected chi connectivity index (χ3v) is 2.14. The summed E-state index contributed by atoms with van der Waals surface area (Å²) in [6.45, 7) is 0. The highest BCUT2D eigenvalue weighted by molar-refractivity contribution is 5.74. The van der Waals surface area contributed by atoms with Crippen LogP contribution in [-0.2, 0) is 16.0 Å². The van der Waals surface area contributed by atoms with Gasteiger partial charge in [0.25, 0.3) is 0 Å². The van der Waals surface area contributed by atoms with Gasteiger partial charge in [-0.25, -0.2) is 0 Å². The lowest BCUT2D eigenvalue weighted by molar-refractivity contribution is -0.385. The van der Waals surface area contributed by atoms with E-state index in [9.17, 15) is 20.0 Å². The van der Waals surface area contributed by atoms with Crippen molar-refractivity contribution in [3.63, 3.8) is 0 Å². The Bertz CT molecular complexity index is 456. The molecule has 0 saturated carbocycles. The Hall–Kier alpha value is -2.31. The van der Waals surface area contributed by atoms with Crippen molar-refractivity contribution in [2.75, 3.05) is 14.2 Å². The number of ether oxygens (including phenoxy) is 2. The van der Waals surface area contributed by atoms with Gasteiger partial charge >= 0.3 is 11.7 Å². The molecule has 0 aromatic heterocycles. The van der Waals surface area contributed by atoms with Crippen molar-refractivity contribution in [3.8, 4) is 11.5 Å². The molecule has 17 heavy (non-hydrogen) atoms. The van der Waals surface area contributed by atoms with E-state index in [1.165, 1.54) is 14.2 Å². The number of carbonyl (C=O) groups excluding carboxylic acids is 1. The molecule has 0 atom stereocenters. The third-order valence-electron chi connectivity index (χ3n) is 2.14. The predicted molar refractivity (Wildman–Crippen MR) is 57.0 cm³/mol. The van der Waals surface area contributed by atoms with Gasteiger partial charge in [-0.15, -0.1) is 0 Å². The number of phenols is 1. The maximum atomic E-state index is 11.1. The summed E-state index contributed by atoms with van der Waals surface area (Å²) in [7, 11) is 2.55. The van der Waals surface area contributed by atoms with Crippen molar-refractivity contribution in [1.82, 2.24) is 0 Å². The molecule has 0 aliphatic heterocycles. The first-order chi connectivity index (χ1) is 7.99. The van der Waals surface area contributed by atoms with E-state index in [0.717, 1.165) is 12.1 Å². The molecule has 1 rings (SSSR count). The molecule has 0 amide bonds. The second-order valence-electron chi connectivity index (χ2n) is 3.16. The third kappa shape index (κ3) is 2.83. The van der Waals surface area contributed by atoms with Crippen LogP contribution >= 0.6 is 0 Å². The summed E-state index contributed by atoms with van der Waals surface area (Å²) in [6, 6.07) is 2.18. The number of esters is 1. The SMILES string of the molecule is COC(=O)Cc1cc([N+](=O)[O-])c(O)cc1OC. The fourth-order valence-corrected chi connectivity index (χ4v) is 1.30. The molecule has 0 radical (unpaired) electrons. The lowest BCUT2D eigenvalue weighted by atomic mass is 10.1. The first kappa shape index (κ1) is 12.8. The second-order valence-corrected chi connectivity index (χ2v) is 3.16. The lowest BCUT2D eigenvalue weighted by Crippen LogP contribution is -2.06. The minimum atomic E-state index is -0.741. The number of hydrogen-bond acceptors (Lipinski definition) is 6. The summed E-state index contributed by atoms with van der Waals surface area (Å²) < 4.78 is 9.37. The number of hydrogen-bond donors (Lipinski definition) is 1. The van der Waals surface area contributed by atoms with Crippen LogP contribution in [0.2, 0.25) is 0 Å². The van der Waals surface area contributed by atoms with Crippen LogP contribution in [0.15, 0.2) is 12.1 Å². The van der Waals surface area contributed by atoms with E-state index in [1.807, 2.05) is 0 Å². The summed E-state index contributed by atoms with van der Waals surface area (Å²) in [6.07, 6.45) is -0.166. The molecule has 1 aromatic carbocycles. The molecule has 7 nitrogen and oxygen atoms in total. The van der Waals surface area contributed by atoms with Gasteiger partial charge in [0, 0.05) is 17.7 Å². The highest BCUT2D eigenvalue weighted by Gasteiger charge is 2.19. The minimum absolute atomic E-state index is 0.166. The number of phenolic OH excluding ortho intramolecular Hbond substituents is 1. The van der Waals surface area contributed by atoms with Crippen LogP contribution in [-0.4, -0.2) is 30.2 Å². The number of nitro groups is 1. The molecule has 0 aliphatic rings. The predicted octanol–water partition coefficient (Wildman–Crippen LogP) is 1.02. The summed E-state index contributed by atoms with van der Waals surface area (Å²) in [5, 5.41) is 20.0. The molecule has 92 valence electrons. The van der Waals surface area contributed by atoms with Crippen LogP contribution in [0.3, 0.4) is 0 Å². The van der Waals surface area contributed by atoms with Crippen LogP contribution in [0.4, 0.5) is 5.69 Å². The number of methoxy groups -OCH3 is 2. The van der Waals surface area contributed by atoms with Gasteiger partial charge in [0.05, 0.1) is 25.6 Å². The van der Waals surface area contributed by atoms with Crippen molar-refractivity contribution in [2.24, 2.45) is 0 Å². The van der Waals surface area contributed by atoms with Crippen molar-refractivity contribution in [1.29, 1.82) is 0 Å². The van der Waals surface area contributed by atoms with Crippen LogP contribution in [0.25, 0.3) is 0 Å². The molecule has 1 N–H and O–H groups in total. The van der Waals surface area contributed by atoms with E-state index in [0.29, 0.717) is 0 Å². The van der Waals surface area contributed by atoms with Gasteiger partial charge in [-0.3, -0.25) is 14.9 Å². The first-order valence-electron chi connectivity index (χ1n) is 4.60. The molecule has 0 unspecified atom stereocenters. The lowest BCUT2D eigenvalue weighted by Gasteiger charge is -2.08. The number of aromatic hydroxyl groups is 1. The number of rotatable bonds is 4. The molecule has 0 bridgehead atoms. The molecular weight excluding hydrogens is 230 g/mol. The van der Waals surface area contributed by atoms with E-state index in [4.69, 9.17) is 4.74 Å². The summed E-state index contributed by atoms with van der Waals surface area (Å²) in [5.74, 6) is -0.873. The smallest absolute Gasteiger partial charge is 0.311 e. The Morgan fingerprint density at radius 2 is 2.12 bits per heavy atom. The highest BCUT2D eigenvalue weighted by Crippen LogP contribution is 2.33. The van der Waals surface area contributed by atoms with Crippen molar-refractivity contribution in [2.45, 2.75) is 6.42 Å². The Balaban J connectivity index is 3.21. The Morgan fingerprint density at radius 1 is 1.47 bits per heavy atom. The second kappa shape index (κ2) is 5.15. The summed E-state index contributed by atoms with van der Waals surface area (Å²) >= 11 is 0. The van der Waals surface area contributed by atoms with Crippen LogP contribution < -0.4 is 4.74 Å². The molecule has 1 aromatic rings. The van der Waals surface area contributed by atoms with E-state index in [-0.39, 0.29) is 17.7 Å². The maximum absolute atomic E-state index is 11.1. The molecule has 0 heterocycles. The van der Waals surface area contributed by atoms with Gasteiger partial charge in [0.2, 0.25) is 0 Å². The van der Waals surface area contributed by atoms with E-state index in [1.54, 1.807) is 0 Å². The minimum Gasteiger partial charge on any atom is -0.502 e. The fourth-order valence-electron chi connectivity index (χ4n) is 1.30. The van der Waals surface area contributed by atoms with E-state index in [2.05, 4.69) is 4.74 Å². The average Bonchev–Trinajstić information content (AvgIpc) is 2.30. The van der Waals surface area contributed by atoms with E-state index < -0.39 is 22.3 Å².